The Morgan fingerprint density at radius 1 is 0.783 bits per heavy atom. The molecule has 9 heteroatoms. The van der Waals surface area contributed by atoms with Crippen LogP contribution < -0.4 is 0 Å². The molecule has 1 rings (SSSR count). The lowest BCUT2D eigenvalue weighted by atomic mass is 10.0. The minimum atomic E-state index is -1.39. The van der Waals surface area contributed by atoms with Crippen LogP contribution in [-0.2, 0) is 42.9 Å². The zero-order valence-corrected chi connectivity index (χ0v) is 13.2. The zero-order valence-electron chi connectivity index (χ0n) is 13.2. The van der Waals surface area contributed by atoms with Gasteiger partial charge in [-0.25, -0.2) is 0 Å². The molecular weight excluding hydrogens is 312 g/mol. The Morgan fingerprint density at radius 3 is 1.65 bits per heavy atom. The molecule has 0 amide bonds. The van der Waals surface area contributed by atoms with E-state index in [1.807, 2.05) is 0 Å². The molecule has 0 saturated carbocycles. The van der Waals surface area contributed by atoms with Crippen molar-refractivity contribution in [1.82, 2.24) is 0 Å². The molecule has 1 fully saturated rings. The SMILES string of the molecule is C=C1O[C@H](OC(C)=O)[C@H](OC(C)=O)[C@@H](OC(C)=O)[C@@H]1OC(C)=O. The highest BCUT2D eigenvalue weighted by molar-refractivity contribution is 5.69. The first-order valence-corrected chi connectivity index (χ1v) is 6.66. The van der Waals surface area contributed by atoms with Gasteiger partial charge in [0.15, 0.2) is 12.2 Å². The highest BCUT2D eigenvalue weighted by Crippen LogP contribution is 2.30. The summed E-state index contributed by atoms with van der Waals surface area (Å²) in [4.78, 5) is 45.0. The van der Waals surface area contributed by atoms with Crippen LogP contribution in [0.25, 0.3) is 0 Å². The van der Waals surface area contributed by atoms with Crippen molar-refractivity contribution in [3.63, 3.8) is 0 Å². The summed E-state index contributed by atoms with van der Waals surface area (Å²) in [6.45, 7) is 8.04. The van der Waals surface area contributed by atoms with Gasteiger partial charge in [-0.2, -0.15) is 0 Å². The molecule has 128 valence electrons. The summed E-state index contributed by atoms with van der Waals surface area (Å²) in [6, 6.07) is 0. The summed E-state index contributed by atoms with van der Waals surface area (Å²) in [5.74, 6) is -2.97. The molecule has 0 bridgehead atoms. The molecule has 0 radical (unpaired) electrons. The van der Waals surface area contributed by atoms with Gasteiger partial charge in [-0.1, -0.05) is 6.58 Å². The molecule has 23 heavy (non-hydrogen) atoms. The van der Waals surface area contributed by atoms with Crippen molar-refractivity contribution in [3.05, 3.63) is 12.3 Å². The molecule has 0 aromatic carbocycles. The fraction of sp³-hybridized carbons (Fsp3) is 0.571. The van der Waals surface area contributed by atoms with Crippen LogP contribution in [0.5, 0.6) is 0 Å². The second-order valence-corrected chi connectivity index (χ2v) is 4.74. The summed E-state index contributed by atoms with van der Waals surface area (Å²) in [5.41, 5.74) is 0. The average molecular weight is 330 g/mol. The maximum Gasteiger partial charge on any atom is 0.305 e. The Kier molecular flexibility index (Phi) is 6.11. The summed E-state index contributed by atoms with van der Waals surface area (Å²) in [6.07, 6.45) is -5.20. The molecule has 0 aromatic rings. The van der Waals surface area contributed by atoms with E-state index in [4.69, 9.17) is 23.7 Å². The van der Waals surface area contributed by atoms with Gasteiger partial charge in [0.1, 0.15) is 5.76 Å². The molecule has 0 aromatic heterocycles. The van der Waals surface area contributed by atoms with Gasteiger partial charge >= 0.3 is 23.9 Å². The minimum absolute atomic E-state index is 0.110. The first-order chi connectivity index (χ1) is 10.6. The van der Waals surface area contributed by atoms with E-state index >= 15 is 0 Å². The van der Waals surface area contributed by atoms with Crippen molar-refractivity contribution in [2.45, 2.75) is 52.3 Å². The van der Waals surface area contributed by atoms with Crippen LogP contribution in [0.3, 0.4) is 0 Å². The Hall–Kier alpha value is -2.58. The maximum atomic E-state index is 11.3. The van der Waals surface area contributed by atoms with Crippen LogP contribution in [0.2, 0.25) is 0 Å². The molecule has 9 nitrogen and oxygen atoms in total. The first-order valence-electron chi connectivity index (χ1n) is 6.66. The van der Waals surface area contributed by atoms with Crippen molar-refractivity contribution in [3.8, 4) is 0 Å². The second-order valence-electron chi connectivity index (χ2n) is 4.74. The monoisotopic (exact) mass is 330 g/mol. The molecule has 1 heterocycles. The number of carbonyl (C=O) groups excluding carboxylic acids is 4. The van der Waals surface area contributed by atoms with E-state index in [2.05, 4.69) is 6.58 Å². The van der Waals surface area contributed by atoms with E-state index in [1.54, 1.807) is 0 Å². The quantitative estimate of drug-likeness (QED) is 0.527. The Labute approximate surface area is 132 Å². The third-order valence-electron chi connectivity index (χ3n) is 2.65. The molecular formula is C14H18O9. The highest BCUT2D eigenvalue weighted by atomic mass is 16.7. The van der Waals surface area contributed by atoms with Crippen LogP contribution in [0.1, 0.15) is 27.7 Å². The largest absolute Gasteiger partial charge is 0.454 e. The molecule has 0 aliphatic carbocycles. The van der Waals surface area contributed by atoms with Crippen molar-refractivity contribution in [2.75, 3.05) is 0 Å². The van der Waals surface area contributed by atoms with E-state index in [0.29, 0.717) is 0 Å². The van der Waals surface area contributed by atoms with Crippen LogP contribution in [0, 0.1) is 0 Å². The van der Waals surface area contributed by atoms with Gasteiger partial charge in [0, 0.05) is 27.7 Å². The summed E-state index contributed by atoms with van der Waals surface area (Å²) < 4.78 is 25.3. The maximum absolute atomic E-state index is 11.3. The van der Waals surface area contributed by atoms with Gasteiger partial charge in [0.25, 0.3) is 6.29 Å². The van der Waals surface area contributed by atoms with E-state index in [1.165, 1.54) is 0 Å². The molecule has 1 aliphatic rings. The molecule has 4 atom stereocenters. The van der Waals surface area contributed by atoms with Crippen molar-refractivity contribution >= 4 is 23.9 Å². The second kappa shape index (κ2) is 7.61. The third kappa shape index (κ3) is 5.28. The lowest BCUT2D eigenvalue weighted by Crippen LogP contribution is -2.57. The predicted octanol–water partition coefficient (Wildman–Crippen LogP) is 0.215. The number of hydrogen-bond acceptors (Lipinski definition) is 9. The van der Waals surface area contributed by atoms with E-state index < -0.39 is 48.5 Å². The standard InChI is InChI=1S/C14H18O9/c1-6-11(20-7(2)15)12(21-8(3)16)13(22-9(4)17)14(19-6)23-10(5)18/h11-14H,1H2,2-5H3/t11-,12+,13-,14-/m1/s1. The number of esters is 4. The van der Waals surface area contributed by atoms with Gasteiger partial charge in [-0.3, -0.25) is 19.2 Å². The highest BCUT2D eigenvalue weighted by Gasteiger charge is 2.51. The van der Waals surface area contributed by atoms with Crippen molar-refractivity contribution in [1.29, 1.82) is 0 Å². The first kappa shape index (κ1) is 18.5. The minimum Gasteiger partial charge on any atom is -0.454 e. The molecule has 0 spiro atoms. The summed E-state index contributed by atoms with van der Waals surface area (Å²) in [5, 5.41) is 0. The molecule has 0 unspecified atom stereocenters. The van der Waals surface area contributed by atoms with Crippen LogP contribution in [0.15, 0.2) is 12.3 Å². The number of hydrogen-bond donors (Lipinski definition) is 0. The number of ether oxygens (including phenoxy) is 5. The fourth-order valence-electron chi connectivity index (χ4n) is 1.99. The van der Waals surface area contributed by atoms with Crippen LogP contribution >= 0.6 is 0 Å². The molecule has 1 saturated heterocycles. The Bertz CT molecular complexity index is 524. The summed E-state index contributed by atoms with van der Waals surface area (Å²) in [7, 11) is 0. The number of carbonyl (C=O) groups is 4. The Balaban J connectivity index is 3.18. The van der Waals surface area contributed by atoms with Gasteiger partial charge in [0.2, 0.25) is 6.10 Å². The van der Waals surface area contributed by atoms with E-state index in [-0.39, 0.29) is 5.76 Å². The lowest BCUT2D eigenvalue weighted by Gasteiger charge is -2.40. The number of rotatable bonds is 4. The Morgan fingerprint density at radius 2 is 1.22 bits per heavy atom. The lowest BCUT2D eigenvalue weighted by molar-refractivity contribution is -0.254. The van der Waals surface area contributed by atoms with Crippen molar-refractivity contribution < 1.29 is 42.9 Å². The van der Waals surface area contributed by atoms with Crippen LogP contribution in [0.4, 0.5) is 0 Å². The topological polar surface area (TPSA) is 114 Å². The normalized spacial score (nSPS) is 26.5. The third-order valence-corrected chi connectivity index (χ3v) is 2.65. The van der Waals surface area contributed by atoms with E-state index in [9.17, 15) is 19.2 Å². The molecule has 0 N–H and O–H groups in total. The van der Waals surface area contributed by atoms with Gasteiger partial charge < -0.3 is 23.7 Å². The van der Waals surface area contributed by atoms with E-state index in [0.717, 1.165) is 27.7 Å². The van der Waals surface area contributed by atoms with Gasteiger partial charge in [-0.15, -0.1) is 0 Å². The smallest absolute Gasteiger partial charge is 0.305 e. The predicted molar refractivity (Wildman–Crippen MR) is 72.4 cm³/mol. The summed E-state index contributed by atoms with van der Waals surface area (Å²) >= 11 is 0. The van der Waals surface area contributed by atoms with Gasteiger partial charge in [-0.05, 0) is 0 Å². The fourth-order valence-corrected chi connectivity index (χ4v) is 1.99. The van der Waals surface area contributed by atoms with Crippen LogP contribution in [-0.4, -0.2) is 48.5 Å². The zero-order chi connectivity index (χ0) is 17.7. The van der Waals surface area contributed by atoms with Crippen molar-refractivity contribution in [2.24, 2.45) is 0 Å². The average Bonchev–Trinajstić information content (AvgIpc) is 2.36. The van der Waals surface area contributed by atoms with Gasteiger partial charge in [0.05, 0.1) is 0 Å². The molecule has 1 aliphatic heterocycles.